The van der Waals surface area contributed by atoms with Crippen molar-refractivity contribution in [1.82, 2.24) is 25.4 Å². The van der Waals surface area contributed by atoms with Crippen LogP contribution in [0.5, 0.6) is 0 Å². The summed E-state index contributed by atoms with van der Waals surface area (Å²) in [6.45, 7) is 13.5. The molecule has 0 bridgehead atoms. The number of nitrogens with one attached hydrogen (secondary N) is 2. The Kier molecular flexibility index (Phi) is 9.95. The topological polar surface area (TPSA) is 67.1 Å². The number of guanidine groups is 1. The monoisotopic (exact) mass is 552 g/mol. The van der Waals surface area contributed by atoms with Gasteiger partial charge in [0.15, 0.2) is 5.96 Å². The van der Waals surface area contributed by atoms with Gasteiger partial charge in [0.2, 0.25) is 0 Å². The van der Waals surface area contributed by atoms with Gasteiger partial charge >= 0.3 is 0 Å². The lowest BCUT2D eigenvalue weighted by atomic mass is 10.2. The van der Waals surface area contributed by atoms with Crippen LogP contribution in [0.1, 0.15) is 45.0 Å². The van der Waals surface area contributed by atoms with Gasteiger partial charge in [-0.1, -0.05) is 30.3 Å². The molecule has 31 heavy (non-hydrogen) atoms. The first-order valence-corrected chi connectivity index (χ1v) is 11.3. The highest BCUT2D eigenvalue weighted by molar-refractivity contribution is 14.0. The number of hydrogen-bond donors (Lipinski definition) is 2. The number of rotatable bonds is 8. The smallest absolute Gasteiger partial charge is 0.191 e. The van der Waals surface area contributed by atoms with E-state index in [2.05, 4.69) is 79.2 Å². The number of aliphatic imine (C=N–C) groups is 1. The van der Waals surface area contributed by atoms with Gasteiger partial charge in [0.1, 0.15) is 0 Å². The van der Waals surface area contributed by atoms with Crippen molar-refractivity contribution in [3.63, 3.8) is 0 Å². The molecule has 0 saturated heterocycles. The molecule has 0 aliphatic rings. The van der Waals surface area contributed by atoms with Crippen molar-refractivity contribution >= 4 is 41.3 Å². The Morgan fingerprint density at radius 3 is 2.45 bits per heavy atom. The minimum Gasteiger partial charge on any atom is -0.357 e. The summed E-state index contributed by atoms with van der Waals surface area (Å²) >= 11 is 1.77. The summed E-state index contributed by atoms with van der Waals surface area (Å²) in [4.78, 5) is 10.7. The normalized spacial score (nSPS) is 11.3. The Labute approximate surface area is 206 Å². The number of hydrogen-bond acceptors (Lipinski definition) is 4. The van der Waals surface area contributed by atoms with E-state index >= 15 is 0 Å². The third kappa shape index (κ3) is 7.03. The highest BCUT2D eigenvalue weighted by Gasteiger charge is 2.12. The molecule has 8 heteroatoms. The molecule has 0 spiro atoms. The lowest BCUT2D eigenvalue weighted by Crippen LogP contribution is -2.38. The predicted octanol–water partition coefficient (Wildman–Crippen LogP) is 4.54. The second kappa shape index (κ2) is 12.2. The van der Waals surface area contributed by atoms with Crippen molar-refractivity contribution < 1.29 is 0 Å². The molecule has 0 aliphatic carbocycles. The van der Waals surface area contributed by atoms with E-state index < -0.39 is 0 Å². The quantitative estimate of drug-likeness (QED) is 0.245. The van der Waals surface area contributed by atoms with Crippen molar-refractivity contribution in [3.8, 4) is 0 Å². The van der Waals surface area contributed by atoms with Crippen LogP contribution in [0.2, 0.25) is 0 Å². The van der Waals surface area contributed by atoms with Crippen LogP contribution in [0.4, 0.5) is 0 Å². The highest BCUT2D eigenvalue weighted by atomic mass is 127. The highest BCUT2D eigenvalue weighted by Crippen LogP contribution is 2.17. The molecule has 3 rings (SSSR count). The molecule has 1 aromatic carbocycles. The second-order valence-corrected chi connectivity index (χ2v) is 8.70. The Balaban J connectivity index is 0.00000341. The molecule has 0 radical (unpaired) electrons. The number of aryl methyl sites for hydroxylation is 3. The van der Waals surface area contributed by atoms with E-state index in [1.807, 2.05) is 6.07 Å². The summed E-state index contributed by atoms with van der Waals surface area (Å²) in [6, 6.07) is 10.4. The molecule has 0 aliphatic heterocycles. The Morgan fingerprint density at radius 1 is 1.06 bits per heavy atom. The fourth-order valence-corrected chi connectivity index (χ4v) is 4.24. The van der Waals surface area contributed by atoms with Crippen LogP contribution in [-0.4, -0.2) is 33.8 Å². The zero-order valence-corrected chi connectivity index (χ0v) is 22.2. The maximum absolute atomic E-state index is 4.80. The van der Waals surface area contributed by atoms with Crippen LogP contribution in [0.25, 0.3) is 0 Å². The number of benzene rings is 1. The maximum atomic E-state index is 4.80. The van der Waals surface area contributed by atoms with E-state index in [1.54, 1.807) is 11.3 Å². The van der Waals surface area contributed by atoms with E-state index in [-0.39, 0.29) is 24.0 Å². The van der Waals surface area contributed by atoms with E-state index in [1.165, 1.54) is 26.7 Å². The van der Waals surface area contributed by atoms with E-state index in [4.69, 9.17) is 10.1 Å². The molecule has 2 aromatic heterocycles. The Hall–Kier alpha value is -1.94. The standard InChI is InChI=1S/C23H32N6S.HI/c1-6-24-23(25-13-12-22-27-16(2)19(5)30-22)26-14-21-17(3)28-29(18(21)4)15-20-10-8-7-9-11-20;/h7-11H,6,12-15H2,1-5H3,(H2,24,25,26);1H. The fraction of sp³-hybridized carbons (Fsp3) is 0.435. The molecule has 6 nitrogen and oxygen atoms in total. The van der Waals surface area contributed by atoms with Crippen LogP contribution in [0.3, 0.4) is 0 Å². The van der Waals surface area contributed by atoms with Gasteiger partial charge in [0, 0.05) is 35.6 Å². The molecule has 0 unspecified atom stereocenters. The number of aromatic nitrogens is 3. The number of thiazole rings is 1. The van der Waals surface area contributed by atoms with Crippen LogP contribution < -0.4 is 10.6 Å². The molecule has 0 saturated carbocycles. The van der Waals surface area contributed by atoms with Gasteiger partial charge in [-0.25, -0.2) is 9.98 Å². The minimum atomic E-state index is 0. The lowest BCUT2D eigenvalue weighted by molar-refractivity contribution is 0.658. The van der Waals surface area contributed by atoms with E-state index in [0.29, 0.717) is 6.54 Å². The number of halogens is 1. The van der Waals surface area contributed by atoms with Crippen molar-refractivity contribution in [1.29, 1.82) is 0 Å². The molecule has 168 valence electrons. The van der Waals surface area contributed by atoms with Gasteiger partial charge in [-0.05, 0) is 40.2 Å². The van der Waals surface area contributed by atoms with E-state index in [9.17, 15) is 0 Å². The molecule has 2 N–H and O–H groups in total. The molecule has 2 heterocycles. The van der Waals surface area contributed by atoms with Crippen LogP contribution >= 0.6 is 35.3 Å². The summed E-state index contributed by atoms with van der Waals surface area (Å²) < 4.78 is 2.07. The first-order valence-electron chi connectivity index (χ1n) is 10.5. The summed E-state index contributed by atoms with van der Waals surface area (Å²) in [5.74, 6) is 0.831. The average molecular weight is 553 g/mol. The van der Waals surface area contributed by atoms with Crippen molar-refractivity contribution in [2.75, 3.05) is 13.1 Å². The van der Waals surface area contributed by atoms with Gasteiger partial charge in [0.25, 0.3) is 0 Å². The van der Waals surface area contributed by atoms with Gasteiger partial charge in [-0.2, -0.15) is 5.10 Å². The summed E-state index contributed by atoms with van der Waals surface area (Å²) in [6.07, 6.45) is 0.900. The SMILES string of the molecule is CCNC(=NCc1c(C)nn(Cc2ccccc2)c1C)NCCc1nc(C)c(C)s1.I. The summed E-state index contributed by atoms with van der Waals surface area (Å²) in [5.41, 5.74) is 5.78. The zero-order valence-electron chi connectivity index (χ0n) is 19.0. The van der Waals surface area contributed by atoms with Crippen molar-refractivity contribution in [2.24, 2.45) is 4.99 Å². The average Bonchev–Trinajstić information content (AvgIpc) is 3.18. The van der Waals surface area contributed by atoms with Gasteiger partial charge in [-0.3, -0.25) is 4.68 Å². The first-order chi connectivity index (χ1) is 14.5. The maximum Gasteiger partial charge on any atom is 0.191 e. The zero-order chi connectivity index (χ0) is 21.5. The van der Waals surface area contributed by atoms with Crippen molar-refractivity contribution in [2.45, 2.75) is 54.1 Å². The third-order valence-electron chi connectivity index (χ3n) is 5.15. The molecule has 0 atom stereocenters. The summed E-state index contributed by atoms with van der Waals surface area (Å²) in [5, 5.41) is 12.7. The largest absolute Gasteiger partial charge is 0.357 e. The van der Waals surface area contributed by atoms with E-state index in [0.717, 1.165) is 43.4 Å². The molecular formula is C23H33IN6S. The van der Waals surface area contributed by atoms with Crippen molar-refractivity contribution in [3.05, 3.63) is 68.4 Å². The second-order valence-electron chi connectivity index (χ2n) is 7.41. The molecule has 3 aromatic rings. The van der Waals surface area contributed by atoms with Crippen LogP contribution in [0.15, 0.2) is 35.3 Å². The van der Waals surface area contributed by atoms with Gasteiger partial charge in [0.05, 0.1) is 29.5 Å². The Morgan fingerprint density at radius 2 is 1.81 bits per heavy atom. The fourth-order valence-electron chi connectivity index (χ4n) is 3.31. The van der Waals surface area contributed by atoms with Gasteiger partial charge in [-0.15, -0.1) is 35.3 Å². The molecule has 0 fully saturated rings. The minimum absolute atomic E-state index is 0. The third-order valence-corrected chi connectivity index (χ3v) is 6.28. The molecular weight excluding hydrogens is 519 g/mol. The Bertz CT molecular complexity index is 974. The lowest BCUT2D eigenvalue weighted by Gasteiger charge is -2.11. The van der Waals surface area contributed by atoms with Crippen LogP contribution in [-0.2, 0) is 19.5 Å². The predicted molar refractivity (Wildman–Crippen MR) is 141 cm³/mol. The summed E-state index contributed by atoms with van der Waals surface area (Å²) in [7, 11) is 0. The van der Waals surface area contributed by atoms with Gasteiger partial charge < -0.3 is 10.6 Å². The first kappa shape index (κ1) is 25.3. The van der Waals surface area contributed by atoms with Crippen LogP contribution in [0, 0.1) is 27.7 Å². The number of nitrogens with zero attached hydrogens (tertiary/aromatic N) is 4. The molecule has 0 amide bonds.